The molecule has 0 bridgehead atoms. The molecule has 2 rings (SSSR count). The SMILES string of the molecule is CC(C)Cc1noc(COc2ccc(I)cc2C(=O)O)n1. The summed E-state index contributed by atoms with van der Waals surface area (Å²) >= 11 is 2.05. The fourth-order valence-electron chi connectivity index (χ4n) is 1.73. The molecule has 2 aromatic rings. The molecule has 1 N–H and O–H groups in total. The normalized spacial score (nSPS) is 10.9. The Morgan fingerprint density at radius 2 is 2.24 bits per heavy atom. The van der Waals surface area contributed by atoms with Gasteiger partial charge in [-0.05, 0) is 46.7 Å². The molecule has 1 aromatic heterocycles. The van der Waals surface area contributed by atoms with Gasteiger partial charge in [-0.2, -0.15) is 4.98 Å². The third-order valence-corrected chi connectivity index (χ3v) is 3.30. The van der Waals surface area contributed by atoms with Crippen molar-refractivity contribution in [3.63, 3.8) is 0 Å². The third kappa shape index (κ3) is 4.42. The van der Waals surface area contributed by atoms with Gasteiger partial charge in [-0.1, -0.05) is 19.0 Å². The van der Waals surface area contributed by atoms with E-state index in [4.69, 9.17) is 14.4 Å². The van der Waals surface area contributed by atoms with E-state index >= 15 is 0 Å². The van der Waals surface area contributed by atoms with Crippen molar-refractivity contribution in [3.05, 3.63) is 39.0 Å². The van der Waals surface area contributed by atoms with Crippen LogP contribution in [0.5, 0.6) is 5.75 Å². The van der Waals surface area contributed by atoms with Gasteiger partial charge in [0.1, 0.15) is 11.3 Å². The summed E-state index contributed by atoms with van der Waals surface area (Å²) in [7, 11) is 0. The Hall–Kier alpha value is -1.64. The highest BCUT2D eigenvalue weighted by Crippen LogP contribution is 2.22. The fourth-order valence-corrected chi connectivity index (χ4v) is 2.22. The molecule has 1 heterocycles. The van der Waals surface area contributed by atoms with Crippen molar-refractivity contribution in [1.29, 1.82) is 0 Å². The number of hydrogen-bond acceptors (Lipinski definition) is 5. The first-order chi connectivity index (χ1) is 9.95. The maximum absolute atomic E-state index is 11.2. The van der Waals surface area contributed by atoms with Gasteiger partial charge >= 0.3 is 5.97 Å². The van der Waals surface area contributed by atoms with E-state index in [1.807, 2.05) is 0 Å². The van der Waals surface area contributed by atoms with Crippen molar-refractivity contribution in [1.82, 2.24) is 10.1 Å². The Labute approximate surface area is 135 Å². The van der Waals surface area contributed by atoms with E-state index in [0.717, 1.165) is 9.99 Å². The number of aromatic carboxylic acids is 1. The zero-order valence-corrected chi connectivity index (χ0v) is 13.8. The van der Waals surface area contributed by atoms with E-state index in [-0.39, 0.29) is 17.9 Å². The van der Waals surface area contributed by atoms with Gasteiger partial charge in [-0.25, -0.2) is 4.79 Å². The van der Waals surface area contributed by atoms with Gasteiger partial charge in [0.15, 0.2) is 12.4 Å². The maximum Gasteiger partial charge on any atom is 0.339 e. The van der Waals surface area contributed by atoms with Gasteiger partial charge in [0.05, 0.1) is 0 Å². The van der Waals surface area contributed by atoms with Crippen molar-refractivity contribution in [2.75, 3.05) is 0 Å². The fraction of sp³-hybridized carbons (Fsp3) is 0.357. The Balaban J connectivity index is 2.06. The predicted octanol–water partition coefficient (Wildman–Crippen LogP) is 3.15. The Bertz CT molecular complexity index is 640. The van der Waals surface area contributed by atoms with Crippen LogP contribution >= 0.6 is 22.6 Å². The van der Waals surface area contributed by atoms with Crippen LogP contribution in [0.1, 0.15) is 35.9 Å². The van der Waals surface area contributed by atoms with Crippen molar-refractivity contribution in [3.8, 4) is 5.75 Å². The quantitative estimate of drug-likeness (QED) is 0.748. The van der Waals surface area contributed by atoms with E-state index in [9.17, 15) is 4.79 Å². The highest BCUT2D eigenvalue weighted by molar-refractivity contribution is 14.1. The number of nitrogens with zero attached hydrogens (tertiary/aromatic N) is 2. The van der Waals surface area contributed by atoms with Gasteiger partial charge in [-0.3, -0.25) is 0 Å². The molecule has 0 aliphatic rings. The van der Waals surface area contributed by atoms with Crippen LogP contribution in [0.15, 0.2) is 22.7 Å². The number of ether oxygens (including phenoxy) is 1. The molecule has 0 unspecified atom stereocenters. The van der Waals surface area contributed by atoms with Crippen LogP contribution in [0.2, 0.25) is 0 Å². The highest BCUT2D eigenvalue weighted by Gasteiger charge is 2.14. The van der Waals surface area contributed by atoms with E-state index in [1.54, 1.807) is 18.2 Å². The molecule has 0 amide bonds. The molecule has 0 fully saturated rings. The lowest BCUT2D eigenvalue weighted by Crippen LogP contribution is -2.04. The average molecular weight is 402 g/mol. The zero-order valence-electron chi connectivity index (χ0n) is 11.7. The summed E-state index contributed by atoms with van der Waals surface area (Å²) < 4.78 is 11.4. The molecule has 112 valence electrons. The highest BCUT2D eigenvalue weighted by atomic mass is 127. The summed E-state index contributed by atoms with van der Waals surface area (Å²) in [6, 6.07) is 4.95. The zero-order chi connectivity index (χ0) is 15.4. The van der Waals surface area contributed by atoms with Crippen molar-refractivity contribution in [2.45, 2.75) is 26.9 Å². The third-order valence-electron chi connectivity index (χ3n) is 2.62. The van der Waals surface area contributed by atoms with Crippen LogP contribution in [0.25, 0.3) is 0 Å². The van der Waals surface area contributed by atoms with Crippen molar-refractivity contribution in [2.24, 2.45) is 5.92 Å². The summed E-state index contributed by atoms with van der Waals surface area (Å²) in [6.45, 7) is 4.18. The summed E-state index contributed by atoms with van der Waals surface area (Å²) in [6.07, 6.45) is 0.730. The summed E-state index contributed by atoms with van der Waals surface area (Å²) in [5, 5.41) is 13.0. The van der Waals surface area contributed by atoms with Crippen LogP contribution in [0.4, 0.5) is 0 Å². The van der Waals surface area contributed by atoms with E-state index in [1.165, 1.54) is 0 Å². The van der Waals surface area contributed by atoms with Crippen molar-refractivity contribution < 1.29 is 19.2 Å². The lowest BCUT2D eigenvalue weighted by Gasteiger charge is -2.07. The molecule has 21 heavy (non-hydrogen) atoms. The number of carbonyl (C=O) groups is 1. The Morgan fingerprint density at radius 3 is 2.90 bits per heavy atom. The molecule has 6 nitrogen and oxygen atoms in total. The minimum atomic E-state index is -1.03. The average Bonchev–Trinajstić information content (AvgIpc) is 2.83. The van der Waals surface area contributed by atoms with Crippen LogP contribution in [0, 0.1) is 9.49 Å². The Morgan fingerprint density at radius 1 is 1.48 bits per heavy atom. The molecule has 0 atom stereocenters. The molecular formula is C14H15IN2O4. The van der Waals surface area contributed by atoms with Gasteiger partial charge in [-0.15, -0.1) is 0 Å². The second kappa shape index (κ2) is 6.88. The molecule has 7 heteroatoms. The van der Waals surface area contributed by atoms with Crippen LogP contribution < -0.4 is 4.74 Å². The first-order valence-electron chi connectivity index (χ1n) is 6.43. The number of rotatable bonds is 6. The second-order valence-corrected chi connectivity index (χ2v) is 6.18. The molecular weight excluding hydrogens is 387 g/mol. The maximum atomic E-state index is 11.2. The standard InChI is InChI=1S/C14H15IN2O4/c1-8(2)5-12-16-13(21-17-12)7-20-11-4-3-9(15)6-10(11)14(18)19/h3-4,6,8H,5,7H2,1-2H3,(H,18,19). The largest absolute Gasteiger partial charge is 0.483 e. The topological polar surface area (TPSA) is 85.5 Å². The minimum absolute atomic E-state index is 0.0476. The van der Waals surface area contributed by atoms with Gasteiger partial charge in [0, 0.05) is 9.99 Å². The first-order valence-corrected chi connectivity index (χ1v) is 7.50. The monoisotopic (exact) mass is 402 g/mol. The van der Waals surface area contributed by atoms with Crippen molar-refractivity contribution >= 4 is 28.6 Å². The van der Waals surface area contributed by atoms with Gasteiger partial charge in [0.2, 0.25) is 0 Å². The molecule has 0 spiro atoms. The van der Waals surface area contributed by atoms with E-state index in [0.29, 0.717) is 17.6 Å². The summed E-state index contributed by atoms with van der Waals surface area (Å²) in [5.41, 5.74) is 0.115. The first kappa shape index (κ1) is 15.7. The number of aromatic nitrogens is 2. The summed E-state index contributed by atoms with van der Waals surface area (Å²) in [4.78, 5) is 15.4. The Kier molecular flexibility index (Phi) is 5.16. The number of carboxylic acids is 1. The van der Waals surface area contributed by atoms with Crippen LogP contribution in [0.3, 0.4) is 0 Å². The van der Waals surface area contributed by atoms with Gasteiger partial charge < -0.3 is 14.4 Å². The van der Waals surface area contributed by atoms with Crippen LogP contribution in [-0.4, -0.2) is 21.2 Å². The molecule has 1 aromatic carbocycles. The molecule has 0 aliphatic heterocycles. The molecule has 0 radical (unpaired) electrons. The number of benzene rings is 1. The lowest BCUT2D eigenvalue weighted by molar-refractivity contribution is 0.0691. The number of hydrogen-bond donors (Lipinski definition) is 1. The smallest absolute Gasteiger partial charge is 0.339 e. The number of carboxylic acid groups (broad SMARTS) is 1. The predicted molar refractivity (Wildman–Crippen MR) is 83.3 cm³/mol. The molecule has 0 saturated heterocycles. The van der Waals surface area contributed by atoms with E-state index < -0.39 is 5.97 Å². The number of halogens is 1. The summed E-state index contributed by atoms with van der Waals surface area (Å²) in [5.74, 6) is 0.650. The van der Waals surface area contributed by atoms with Crippen LogP contribution in [-0.2, 0) is 13.0 Å². The van der Waals surface area contributed by atoms with Gasteiger partial charge in [0.25, 0.3) is 5.89 Å². The lowest BCUT2D eigenvalue weighted by atomic mass is 10.1. The molecule has 0 aliphatic carbocycles. The molecule has 0 saturated carbocycles. The minimum Gasteiger partial charge on any atom is -0.483 e. The van der Waals surface area contributed by atoms with E-state index in [2.05, 4.69) is 46.6 Å². The second-order valence-electron chi connectivity index (χ2n) is 4.94.